The molecule has 2 atom stereocenters. The van der Waals surface area contributed by atoms with Gasteiger partial charge in [0, 0.05) is 12.1 Å². The van der Waals surface area contributed by atoms with Crippen molar-refractivity contribution in [2.24, 2.45) is 5.92 Å². The van der Waals surface area contributed by atoms with Gasteiger partial charge >= 0.3 is 5.97 Å². The molecule has 0 aliphatic heterocycles. The van der Waals surface area contributed by atoms with Gasteiger partial charge < -0.3 is 9.84 Å². The maximum atomic E-state index is 11.1. The predicted molar refractivity (Wildman–Crippen MR) is 72.1 cm³/mol. The molecule has 1 aromatic rings. The van der Waals surface area contributed by atoms with Gasteiger partial charge in [-0.05, 0) is 31.2 Å². The Morgan fingerprint density at radius 3 is 2.80 bits per heavy atom. The Bertz CT molecular complexity index is 528. The molecule has 6 heteroatoms. The first-order valence-electron chi connectivity index (χ1n) is 6.65. The van der Waals surface area contributed by atoms with E-state index >= 15 is 0 Å². The van der Waals surface area contributed by atoms with Gasteiger partial charge in [0.2, 0.25) is 0 Å². The molecule has 2 rings (SSSR count). The summed E-state index contributed by atoms with van der Waals surface area (Å²) in [4.78, 5) is 21.1. The monoisotopic (exact) mass is 279 g/mol. The van der Waals surface area contributed by atoms with Gasteiger partial charge in [-0.15, -0.1) is 0 Å². The van der Waals surface area contributed by atoms with E-state index in [0.29, 0.717) is 11.7 Å². The lowest BCUT2D eigenvalue weighted by atomic mass is 9.89. The number of hydrogen-bond donors (Lipinski definition) is 1. The van der Waals surface area contributed by atoms with Gasteiger partial charge in [0.15, 0.2) is 0 Å². The zero-order chi connectivity index (χ0) is 14.7. The lowest BCUT2D eigenvalue weighted by Crippen LogP contribution is -2.24. The Kier molecular flexibility index (Phi) is 4.22. The number of rotatable bonds is 4. The van der Waals surface area contributed by atoms with Crippen LogP contribution in [0.5, 0.6) is 5.75 Å². The van der Waals surface area contributed by atoms with Crippen molar-refractivity contribution in [3.05, 3.63) is 33.9 Å². The second-order valence-electron chi connectivity index (χ2n) is 5.25. The Morgan fingerprint density at radius 1 is 1.45 bits per heavy atom. The van der Waals surface area contributed by atoms with Crippen molar-refractivity contribution in [3.63, 3.8) is 0 Å². The molecular weight excluding hydrogens is 262 g/mol. The number of carboxylic acid groups (broad SMARTS) is 1. The number of carbonyl (C=O) groups is 1. The summed E-state index contributed by atoms with van der Waals surface area (Å²) in [6.07, 6.45) is 4.19. The highest BCUT2D eigenvalue weighted by Gasteiger charge is 2.23. The van der Waals surface area contributed by atoms with Gasteiger partial charge in [-0.25, -0.2) is 4.79 Å². The quantitative estimate of drug-likeness (QED) is 0.675. The number of ether oxygens (including phenoxy) is 1. The van der Waals surface area contributed by atoms with Crippen LogP contribution in [0.4, 0.5) is 5.69 Å². The van der Waals surface area contributed by atoms with E-state index in [1.165, 1.54) is 24.6 Å². The van der Waals surface area contributed by atoms with E-state index < -0.39 is 16.6 Å². The molecule has 1 N–H and O–H groups in total. The van der Waals surface area contributed by atoms with Crippen LogP contribution in [-0.2, 0) is 0 Å². The second-order valence-corrected chi connectivity index (χ2v) is 5.25. The van der Waals surface area contributed by atoms with E-state index in [2.05, 4.69) is 6.92 Å². The largest absolute Gasteiger partial charge is 0.490 e. The summed E-state index contributed by atoms with van der Waals surface area (Å²) in [5.41, 5.74) is -0.752. The van der Waals surface area contributed by atoms with Gasteiger partial charge in [0.25, 0.3) is 5.69 Å². The zero-order valence-electron chi connectivity index (χ0n) is 11.2. The van der Waals surface area contributed by atoms with Gasteiger partial charge in [0.1, 0.15) is 11.3 Å². The Balaban J connectivity index is 2.18. The molecule has 1 saturated carbocycles. The van der Waals surface area contributed by atoms with Crippen LogP contribution in [0.3, 0.4) is 0 Å². The molecule has 108 valence electrons. The smallest absolute Gasteiger partial charge is 0.342 e. The summed E-state index contributed by atoms with van der Waals surface area (Å²) in [7, 11) is 0. The van der Waals surface area contributed by atoms with Crippen molar-refractivity contribution >= 4 is 11.7 Å². The lowest BCUT2D eigenvalue weighted by Gasteiger charge is -2.27. The average Bonchev–Trinajstić information content (AvgIpc) is 2.38. The number of carboxylic acids is 1. The number of benzene rings is 1. The van der Waals surface area contributed by atoms with Crippen molar-refractivity contribution in [3.8, 4) is 5.75 Å². The summed E-state index contributed by atoms with van der Waals surface area (Å²) in [6.45, 7) is 2.16. The first kappa shape index (κ1) is 14.3. The topological polar surface area (TPSA) is 89.7 Å². The third-order valence-electron chi connectivity index (χ3n) is 3.59. The number of aromatic carboxylic acids is 1. The van der Waals surface area contributed by atoms with Crippen LogP contribution in [-0.4, -0.2) is 22.1 Å². The van der Waals surface area contributed by atoms with Gasteiger partial charge in [-0.1, -0.05) is 13.3 Å². The molecule has 0 aromatic heterocycles. The highest BCUT2D eigenvalue weighted by atomic mass is 16.6. The molecule has 0 spiro atoms. The number of hydrogen-bond acceptors (Lipinski definition) is 4. The van der Waals surface area contributed by atoms with E-state index in [4.69, 9.17) is 9.84 Å². The number of nitro groups is 1. The number of nitrogens with zero attached hydrogens (tertiary/aromatic N) is 1. The molecule has 1 aliphatic rings. The molecule has 0 radical (unpaired) electrons. The number of nitro benzene ring substituents is 1. The van der Waals surface area contributed by atoms with E-state index in [1.54, 1.807) is 0 Å². The molecule has 0 saturated heterocycles. The fourth-order valence-electron chi connectivity index (χ4n) is 2.60. The third kappa shape index (κ3) is 3.26. The van der Waals surface area contributed by atoms with Crippen molar-refractivity contribution in [1.29, 1.82) is 0 Å². The van der Waals surface area contributed by atoms with E-state index in [0.717, 1.165) is 19.3 Å². The standard InChI is InChI=1S/C14H17NO5/c1-9-3-2-4-10(7-9)20-11-5-6-13(15(18)19)12(8-11)14(16)17/h5-6,8-10H,2-4,7H2,1H3,(H,16,17). The molecule has 6 nitrogen and oxygen atoms in total. The highest BCUT2D eigenvalue weighted by Crippen LogP contribution is 2.29. The average molecular weight is 279 g/mol. The molecular formula is C14H17NO5. The second kappa shape index (κ2) is 5.90. The Morgan fingerprint density at radius 2 is 2.20 bits per heavy atom. The van der Waals surface area contributed by atoms with Crippen LogP contribution in [0.25, 0.3) is 0 Å². The molecule has 0 amide bonds. The maximum absolute atomic E-state index is 11.1. The van der Waals surface area contributed by atoms with Crippen molar-refractivity contribution in [1.82, 2.24) is 0 Å². The molecule has 2 unspecified atom stereocenters. The van der Waals surface area contributed by atoms with Crippen molar-refractivity contribution in [2.75, 3.05) is 0 Å². The van der Waals surface area contributed by atoms with Crippen LogP contribution in [0.1, 0.15) is 43.0 Å². The van der Waals surface area contributed by atoms with Crippen LogP contribution < -0.4 is 4.74 Å². The summed E-state index contributed by atoms with van der Waals surface area (Å²) < 4.78 is 5.77. The third-order valence-corrected chi connectivity index (χ3v) is 3.59. The Labute approximate surface area is 116 Å². The summed E-state index contributed by atoms with van der Waals surface area (Å²) >= 11 is 0. The Hall–Kier alpha value is -2.11. The molecule has 1 aliphatic carbocycles. The summed E-state index contributed by atoms with van der Waals surface area (Å²) in [5.74, 6) is -0.350. The molecule has 0 bridgehead atoms. The van der Waals surface area contributed by atoms with E-state index in [9.17, 15) is 14.9 Å². The minimum absolute atomic E-state index is 0.0573. The van der Waals surface area contributed by atoms with Crippen LogP contribution in [0.2, 0.25) is 0 Å². The predicted octanol–water partition coefficient (Wildman–Crippen LogP) is 3.25. The maximum Gasteiger partial charge on any atom is 0.342 e. The van der Waals surface area contributed by atoms with Crippen LogP contribution in [0.15, 0.2) is 18.2 Å². The van der Waals surface area contributed by atoms with Crippen molar-refractivity contribution < 1.29 is 19.6 Å². The van der Waals surface area contributed by atoms with Gasteiger partial charge in [-0.2, -0.15) is 0 Å². The first-order chi connectivity index (χ1) is 9.47. The first-order valence-corrected chi connectivity index (χ1v) is 6.65. The lowest BCUT2D eigenvalue weighted by molar-refractivity contribution is -0.385. The summed E-state index contributed by atoms with van der Waals surface area (Å²) in [5, 5.41) is 19.8. The minimum Gasteiger partial charge on any atom is -0.490 e. The van der Waals surface area contributed by atoms with E-state index in [-0.39, 0.29) is 11.7 Å². The van der Waals surface area contributed by atoms with Gasteiger partial charge in [-0.3, -0.25) is 10.1 Å². The SMILES string of the molecule is CC1CCCC(Oc2ccc([N+](=O)[O-])c(C(=O)O)c2)C1. The fourth-order valence-corrected chi connectivity index (χ4v) is 2.60. The minimum atomic E-state index is -1.32. The van der Waals surface area contributed by atoms with E-state index in [1.807, 2.05) is 0 Å². The molecule has 20 heavy (non-hydrogen) atoms. The fraction of sp³-hybridized carbons (Fsp3) is 0.500. The molecule has 1 aromatic carbocycles. The van der Waals surface area contributed by atoms with Crippen LogP contribution >= 0.6 is 0 Å². The molecule has 1 fully saturated rings. The van der Waals surface area contributed by atoms with Gasteiger partial charge in [0.05, 0.1) is 11.0 Å². The molecule has 0 heterocycles. The normalized spacial score (nSPS) is 22.2. The van der Waals surface area contributed by atoms with Crippen molar-refractivity contribution in [2.45, 2.75) is 38.7 Å². The van der Waals surface area contributed by atoms with Crippen LogP contribution in [0, 0.1) is 16.0 Å². The summed E-state index contributed by atoms with van der Waals surface area (Å²) in [6, 6.07) is 3.88. The highest BCUT2D eigenvalue weighted by molar-refractivity contribution is 5.92. The zero-order valence-corrected chi connectivity index (χ0v) is 11.2.